The highest BCUT2D eigenvalue weighted by atomic mass is 16.3. The van der Waals surface area contributed by atoms with Crippen molar-refractivity contribution in [2.45, 2.75) is 19.3 Å². The average molecular weight is 229 g/mol. The van der Waals surface area contributed by atoms with Crippen LogP contribution in [0.5, 0.6) is 5.75 Å². The lowest BCUT2D eigenvalue weighted by molar-refractivity contribution is 0.424. The molecule has 1 aliphatic heterocycles. The quantitative estimate of drug-likeness (QED) is 0.842. The van der Waals surface area contributed by atoms with E-state index < -0.39 is 0 Å². The van der Waals surface area contributed by atoms with E-state index in [2.05, 4.69) is 17.2 Å². The van der Waals surface area contributed by atoms with Gasteiger partial charge < -0.3 is 10.0 Å². The summed E-state index contributed by atoms with van der Waals surface area (Å²) in [4.78, 5) is 2.45. The van der Waals surface area contributed by atoms with Gasteiger partial charge in [-0.15, -0.1) is 0 Å². The molecule has 1 aromatic carbocycles. The van der Waals surface area contributed by atoms with E-state index in [1.807, 2.05) is 12.1 Å². The van der Waals surface area contributed by atoms with Gasteiger partial charge in [0.2, 0.25) is 0 Å². The zero-order valence-corrected chi connectivity index (χ0v) is 10.0. The molecular formula is C15H19NO. The van der Waals surface area contributed by atoms with Crippen molar-refractivity contribution in [2.75, 3.05) is 13.1 Å². The van der Waals surface area contributed by atoms with Gasteiger partial charge in [-0.2, -0.15) is 0 Å². The van der Waals surface area contributed by atoms with E-state index in [-0.39, 0.29) is 0 Å². The van der Waals surface area contributed by atoms with Gasteiger partial charge in [0.15, 0.2) is 0 Å². The van der Waals surface area contributed by atoms with E-state index in [0.717, 1.165) is 17.4 Å². The molecule has 2 atom stereocenters. The van der Waals surface area contributed by atoms with Crippen LogP contribution in [0.2, 0.25) is 0 Å². The van der Waals surface area contributed by atoms with Crippen LogP contribution in [0.4, 0.5) is 0 Å². The largest absolute Gasteiger partial charge is 0.508 e. The van der Waals surface area contributed by atoms with Gasteiger partial charge >= 0.3 is 0 Å². The van der Waals surface area contributed by atoms with Crippen molar-refractivity contribution in [3.63, 3.8) is 0 Å². The number of phenolic OH excluding ortho intramolecular Hbond substituents is 1. The summed E-state index contributed by atoms with van der Waals surface area (Å²) < 4.78 is 0. The molecule has 1 heterocycles. The molecule has 90 valence electrons. The van der Waals surface area contributed by atoms with Gasteiger partial charge in [0.05, 0.1) is 0 Å². The van der Waals surface area contributed by atoms with Gasteiger partial charge in [0.25, 0.3) is 0 Å². The normalized spacial score (nSPS) is 27.9. The van der Waals surface area contributed by atoms with Crippen molar-refractivity contribution in [1.82, 2.24) is 4.90 Å². The Hall–Kier alpha value is -1.44. The Labute approximate surface area is 103 Å². The minimum absolute atomic E-state index is 0.331. The zero-order chi connectivity index (χ0) is 11.7. The third-order valence-electron chi connectivity index (χ3n) is 4.13. The second kappa shape index (κ2) is 4.44. The highest BCUT2D eigenvalue weighted by Crippen LogP contribution is 2.37. The molecule has 2 aliphatic rings. The first-order chi connectivity index (χ1) is 8.31. The van der Waals surface area contributed by atoms with E-state index in [1.54, 1.807) is 12.1 Å². The van der Waals surface area contributed by atoms with Gasteiger partial charge in [-0.25, -0.2) is 0 Å². The van der Waals surface area contributed by atoms with Crippen LogP contribution in [0.25, 0.3) is 6.08 Å². The Morgan fingerprint density at radius 3 is 2.35 bits per heavy atom. The zero-order valence-electron chi connectivity index (χ0n) is 10.0. The summed E-state index contributed by atoms with van der Waals surface area (Å²) in [5, 5.41) is 9.21. The highest BCUT2D eigenvalue weighted by molar-refractivity contribution is 5.50. The van der Waals surface area contributed by atoms with Crippen molar-refractivity contribution in [1.29, 1.82) is 0 Å². The molecule has 1 aliphatic carbocycles. The van der Waals surface area contributed by atoms with Crippen molar-refractivity contribution in [3.8, 4) is 5.75 Å². The van der Waals surface area contributed by atoms with Crippen molar-refractivity contribution < 1.29 is 5.11 Å². The summed E-state index contributed by atoms with van der Waals surface area (Å²) in [7, 11) is 0. The second-order valence-corrected chi connectivity index (χ2v) is 5.31. The number of aromatic hydroxyl groups is 1. The van der Waals surface area contributed by atoms with E-state index in [4.69, 9.17) is 0 Å². The molecule has 17 heavy (non-hydrogen) atoms. The van der Waals surface area contributed by atoms with Gasteiger partial charge in [-0.3, -0.25) is 0 Å². The lowest BCUT2D eigenvalue weighted by Gasteiger charge is -2.13. The molecule has 1 aromatic rings. The maximum absolute atomic E-state index is 9.21. The predicted octanol–water partition coefficient (Wildman–Crippen LogP) is 3.09. The summed E-state index contributed by atoms with van der Waals surface area (Å²) >= 11 is 0. The monoisotopic (exact) mass is 229 g/mol. The van der Waals surface area contributed by atoms with Crippen molar-refractivity contribution >= 4 is 6.08 Å². The number of likely N-dealkylation sites (tertiary alicyclic amines) is 1. The van der Waals surface area contributed by atoms with E-state index in [9.17, 15) is 5.11 Å². The van der Waals surface area contributed by atoms with Crippen LogP contribution in [-0.4, -0.2) is 23.1 Å². The molecule has 0 aromatic heterocycles. The third kappa shape index (κ3) is 2.31. The molecule has 0 amide bonds. The van der Waals surface area contributed by atoms with Crippen molar-refractivity contribution in [3.05, 3.63) is 36.0 Å². The summed E-state index contributed by atoms with van der Waals surface area (Å²) in [6, 6.07) is 7.36. The number of hydrogen-bond acceptors (Lipinski definition) is 2. The van der Waals surface area contributed by atoms with Gasteiger partial charge in [0, 0.05) is 13.1 Å². The molecule has 3 rings (SSSR count). The van der Waals surface area contributed by atoms with Crippen molar-refractivity contribution in [2.24, 2.45) is 11.8 Å². The summed E-state index contributed by atoms with van der Waals surface area (Å²) in [6.45, 7) is 2.47. The first kappa shape index (κ1) is 10.7. The average Bonchev–Trinajstić information content (AvgIpc) is 2.88. The van der Waals surface area contributed by atoms with Crippen LogP contribution in [0, 0.1) is 11.8 Å². The molecule has 1 saturated carbocycles. The van der Waals surface area contributed by atoms with Gasteiger partial charge in [-0.05, 0) is 54.6 Å². The molecule has 0 radical (unpaired) electrons. The van der Waals surface area contributed by atoms with E-state index in [1.165, 1.54) is 32.4 Å². The number of phenols is 1. The number of benzene rings is 1. The standard InChI is InChI=1S/C15H19NO/c17-15-6-4-12(5-7-15)8-9-16-10-13-2-1-3-14(13)11-16/h4-9,13-14,17H,1-3,10-11H2/b9-8+. The fourth-order valence-electron chi connectivity index (χ4n) is 3.17. The van der Waals surface area contributed by atoms with E-state index in [0.29, 0.717) is 5.75 Å². The van der Waals surface area contributed by atoms with Gasteiger partial charge in [-0.1, -0.05) is 18.6 Å². The maximum Gasteiger partial charge on any atom is 0.115 e. The lowest BCUT2D eigenvalue weighted by atomic mass is 10.0. The molecule has 2 nitrogen and oxygen atoms in total. The maximum atomic E-state index is 9.21. The Morgan fingerprint density at radius 1 is 1.06 bits per heavy atom. The smallest absolute Gasteiger partial charge is 0.115 e. The minimum atomic E-state index is 0.331. The molecule has 0 bridgehead atoms. The molecule has 2 unspecified atom stereocenters. The summed E-state index contributed by atoms with van der Waals surface area (Å²) in [6.07, 6.45) is 8.64. The molecule has 2 fully saturated rings. The predicted molar refractivity (Wildman–Crippen MR) is 69.5 cm³/mol. The molecule has 1 saturated heterocycles. The SMILES string of the molecule is Oc1ccc(/C=C/N2CC3CCCC3C2)cc1. The second-order valence-electron chi connectivity index (χ2n) is 5.31. The Balaban J connectivity index is 1.62. The lowest BCUT2D eigenvalue weighted by Crippen LogP contribution is -2.13. The summed E-state index contributed by atoms with van der Waals surface area (Å²) in [5.41, 5.74) is 1.15. The van der Waals surface area contributed by atoms with Gasteiger partial charge in [0.1, 0.15) is 5.75 Å². The molecule has 2 heteroatoms. The molecule has 1 N–H and O–H groups in total. The van der Waals surface area contributed by atoms with Crippen LogP contribution >= 0.6 is 0 Å². The number of rotatable bonds is 2. The third-order valence-corrected chi connectivity index (χ3v) is 4.13. The highest BCUT2D eigenvalue weighted by Gasteiger charge is 2.34. The Bertz CT molecular complexity index is 397. The molecular weight excluding hydrogens is 210 g/mol. The topological polar surface area (TPSA) is 23.5 Å². The number of hydrogen-bond donors (Lipinski definition) is 1. The summed E-state index contributed by atoms with van der Waals surface area (Å²) in [5.74, 6) is 2.22. The van der Waals surface area contributed by atoms with Crippen LogP contribution in [0.3, 0.4) is 0 Å². The Morgan fingerprint density at radius 2 is 1.71 bits per heavy atom. The first-order valence-corrected chi connectivity index (χ1v) is 6.52. The van der Waals surface area contributed by atoms with Crippen LogP contribution in [0.15, 0.2) is 30.5 Å². The fourth-order valence-corrected chi connectivity index (χ4v) is 3.17. The Kier molecular flexibility index (Phi) is 2.79. The minimum Gasteiger partial charge on any atom is -0.508 e. The van der Waals surface area contributed by atoms with Crippen LogP contribution < -0.4 is 0 Å². The number of fused-ring (bicyclic) bond motifs is 1. The number of nitrogens with zero attached hydrogens (tertiary/aromatic N) is 1. The fraction of sp³-hybridized carbons (Fsp3) is 0.467. The van der Waals surface area contributed by atoms with Crippen LogP contribution in [-0.2, 0) is 0 Å². The van der Waals surface area contributed by atoms with E-state index >= 15 is 0 Å². The van der Waals surface area contributed by atoms with Crippen LogP contribution in [0.1, 0.15) is 24.8 Å². The molecule has 0 spiro atoms. The first-order valence-electron chi connectivity index (χ1n) is 6.52.